The number of hydrogen-bond donors (Lipinski definition) is 0. The van der Waals surface area contributed by atoms with Gasteiger partial charge in [-0.3, -0.25) is 0 Å². The molecule has 35 heavy (non-hydrogen) atoms. The maximum absolute atomic E-state index is 13.8. The van der Waals surface area contributed by atoms with Crippen molar-refractivity contribution in [2.45, 2.75) is 32.5 Å². The highest BCUT2D eigenvalue weighted by molar-refractivity contribution is 5.77. The molecule has 0 spiro atoms. The van der Waals surface area contributed by atoms with Crippen LogP contribution in [0.4, 0.5) is 4.39 Å². The summed E-state index contributed by atoms with van der Waals surface area (Å²) < 4.78 is 41.6. The summed E-state index contributed by atoms with van der Waals surface area (Å²) in [5.74, 6) is 2.89. The van der Waals surface area contributed by atoms with E-state index in [0.717, 1.165) is 11.1 Å². The van der Waals surface area contributed by atoms with Crippen molar-refractivity contribution < 1.29 is 28.1 Å². The Kier molecular flexibility index (Phi) is 8.63. The summed E-state index contributed by atoms with van der Waals surface area (Å²) in [6.45, 7) is 3.84. The monoisotopic (exact) mass is 484 g/mol. The van der Waals surface area contributed by atoms with E-state index in [4.69, 9.17) is 28.7 Å². The fourth-order valence-electron chi connectivity index (χ4n) is 3.93. The second-order valence-corrected chi connectivity index (χ2v) is 8.18. The number of methoxy groups -OCH3 is 4. The highest BCUT2D eigenvalue weighted by Gasteiger charge is 2.29. The van der Waals surface area contributed by atoms with Crippen molar-refractivity contribution in [2.24, 2.45) is 4.99 Å². The zero-order valence-electron chi connectivity index (χ0n) is 21.1. The van der Waals surface area contributed by atoms with E-state index < -0.39 is 12.2 Å². The van der Waals surface area contributed by atoms with Crippen LogP contribution in [0, 0.1) is 0 Å². The highest BCUT2D eigenvalue weighted by atomic mass is 19.1. The van der Waals surface area contributed by atoms with Gasteiger partial charge in [0.05, 0.1) is 41.5 Å². The summed E-state index contributed by atoms with van der Waals surface area (Å²) in [6.07, 6.45) is 5.49. The molecule has 2 aromatic rings. The van der Waals surface area contributed by atoms with Gasteiger partial charge in [0.1, 0.15) is 41.0 Å². The molecular formula is C27H33FN2O5. The second kappa shape index (κ2) is 11.6. The summed E-state index contributed by atoms with van der Waals surface area (Å²) in [5, 5.41) is 0. The van der Waals surface area contributed by atoms with Crippen LogP contribution in [0.3, 0.4) is 0 Å². The van der Waals surface area contributed by atoms with Gasteiger partial charge in [-0.2, -0.15) is 0 Å². The molecule has 0 bridgehead atoms. The van der Waals surface area contributed by atoms with E-state index in [2.05, 4.69) is 0 Å². The molecule has 188 valence electrons. The standard InChI is InChI=1S/C27H33FN2O5/c1-7-12-27(2)15-23(16-28)35-26(29-27)30(17-19-8-10-21(31-3)13-24(19)33-5)18-20-9-11-22(32-4)14-25(20)34-6/h7-15H,16-18H2,1-6H3/b12-7+/t27-/m1/s1. The predicted molar refractivity (Wildman–Crippen MR) is 134 cm³/mol. The van der Waals surface area contributed by atoms with E-state index in [-0.39, 0.29) is 5.76 Å². The lowest BCUT2D eigenvalue weighted by Crippen LogP contribution is -2.38. The average molecular weight is 485 g/mol. The van der Waals surface area contributed by atoms with Crippen LogP contribution >= 0.6 is 0 Å². The molecule has 0 radical (unpaired) electrons. The van der Waals surface area contributed by atoms with E-state index in [1.54, 1.807) is 34.5 Å². The zero-order valence-corrected chi connectivity index (χ0v) is 21.1. The van der Waals surface area contributed by atoms with Crippen molar-refractivity contribution in [1.29, 1.82) is 0 Å². The molecule has 0 N–H and O–H groups in total. The molecule has 0 amide bonds. The van der Waals surface area contributed by atoms with Crippen LogP contribution in [0.2, 0.25) is 0 Å². The van der Waals surface area contributed by atoms with Gasteiger partial charge in [-0.15, -0.1) is 0 Å². The average Bonchev–Trinajstić information content (AvgIpc) is 2.88. The van der Waals surface area contributed by atoms with Gasteiger partial charge in [0.25, 0.3) is 6.02 Å². The fraction of sp³-hybridized carbons (Fsp3) is 0.370. The minimum atomic E-state index is -0.740. The van der Waals surface area contributed by atoms with Gasteiger partial charge in [-0.25, -0.2) is 9.38 Å². The fourth-order valence-corrected chi connectivity index (χ4v) is 3.93. The van der Waals surface area contributed by atoms with Crippen molar-refractivity contribution in [3.8, 4) is 23.0 Å². The predicted octanol–water partition coefficient (Wildman–Crippen LogP) is 5.30. The molecule has 8 heteroatoms. The first-order valence-electron chi connectivity index (χ1n) is 11.2. The molecule has 1 aliphatic rings. The Morgan fingerprint density at radius 3 is 1.89 bits per heavy atom. The van der Waals surface area contributed by atoms with Gasteiger partial charge in [-0.05, 0) is 44.2 Å². The number of amidine groups is 1. The van der Waals surface area contributed by atoms with Crippen LogP contribution in [-0.2, 0) is 17.8 Å². The molecular weight excluding hydrogens is 451 g/mol. The minimum absolute atomic E-state index is 0.212. The van der Waals surface area contributed by atoms with Crippen molar-refractivity contribution in [3.05, 3.63) is 71.5 Å². The van der Waals surface area contributed by atoms with Crippen molar-refractivity contribution in [1.82, 2.24) is 4.90 Å². The third-order valence-electron chi connectivity index (χ3n) is 5.63. The van der Waals surface area contributed by atoms with Crippen LogP contribution in [-0.4, -0.2) is 51.6 Å². The summed E-state index contributed by atoms with van der Waals surface area (Å²) in [5.41, 5.74) is 1.03. The van der Waals surface area contributed by atoms with E-state index in [1.165, 1.54) is 0 Å². The third-order valence-corrected chi connectivity index (χ3v) is 5.63. The Hall–Kier alpha value is -3.68. The SMILES string of the molecule is C/C=C/[C@]1(C)C=C(CF)OC(N(Cc2ccc(OC)cc2OC)Cc2ccc(OC)cc2OC)=N1. The quantitative estimate of drug-likeness (QED) is 0.427. The van der Waals surface area contributed by atoms with Crippen LogP contribution in [0.15, 0.2) is 65.4 Å². The number of aliphatic imine (C=N–C) groups is 1. The van der Waals surface area contributed by atoms with Crippen LogP contribution in [0.1, 0.15) is 25.0 Å². The Morgan fingerprint density at radius 2 is 1.46 bits per heavy atom. The summed E-state index contributed by atoms with van der Waals surface area (Å²) in [7, 11) is 6.43. The molecule has 3 rings (SSSR count). The molecule has 0 saturated heterocycles. The number of allylic oxidation sites excluding steroid dienone is 2. The van der Waals surface area contributed by atoms with Crippen molar-refractivity contribution in [2.75, 3.05) is 35.1 Å². The lowest BCUT2D eigenvalue weighted by molar-refractivity contribution is 0.239. The second-order valence-electron chi connectivity index (χ2n) is 8.18. The topological polar surface area (TPSA) is 61.8 Å². The zero-order chi connectivity index (χ0) is 25.4. The summed E-state index contributed by atoms with van der Waals surface area (Å²) in [6, 6.07) is 11.5. The molecule has 0 unspecified atom stereocenters. The Labute approximate surface area is 206 Å². The Balaban J connectivity index is 2.07. The van der Waals surface area contributed by atoms with Crippen molar-refractivity contribution >= 4 is 6.02 Å². The number of ether oxygens (including phenoxy) is 5. The molecule has 0 saturated carbocycles. The van der Waals surface area contributed by atoms with Gasteiger partial charge in [0, 0.05) is 23.3 Å². The molecule has 2 aromatic carbocycles. The number of halogens is 1. The number of benzene rings is 2. The molecule has 0 aliphatic carbocycles. The minimum Gasteiger partial charge on any atom is -0.497 e. The number of hydrogen-bond acceptors (Lipinski definition) is 7. The van der Waals surface area contributed by atoms with Crippen LogP contribution in [0.25, 0.3) is 0 Å². The first-order chi connectivity index (χ1) is 16.9. The smallest absolute Gasteiger partial charge is 0.294 e. The summed E-state index contributed by atoms with van der Waals surface area (Å²) in [4.78, 5) is 6.76. The molecule has 0 fully saturated rings. The normalized spacial score (nSPS) is 17.3. The maximum Gasteiger partial charge on any atom is 0.294 e. The van der Waals surface area contributed by atoms with Gasteiger partial charge in [0.2, 0.25) is 0 Å². The maximum atomic E-state index is 13.8. The largest absolute Gasteiger partial charge is 0.497 e. The van der Waals surface area contributed by atoms with Gasteiger partial charge >= 0.3 is 0 Å². The number of alkyl halides is 1. The van der Waals surface area contributed by atoms with E-state index in [1.807, 2.05) is 67.3 Å². The molecule has 7 nitrogen and oxygen atoms in total. The lowest BCUT2D eigenvalue weighted by atomic mass is 10.0. The van der Waals surface area contributed by atoms with E-state index >= 15 is 0 Å². The molecule has 1 heterocycles. The highest BCUT2D eigenvalue weighted by Crippen LogP contribution is 2.31. The number of rotatable bonds is 10. The van der Waals surface area contributed by atoms with Crippen LogP contribution in [0.5, 0.6) is 23.0 Å². The van der Waals surface area contributed by atoms with Gasteiger partial charge in [0.15, 0.2) is 0 Å². The summed E-state index contributed by atoms with van der Waals surface area (Å²) >= 11 is 0. The Bertz CT molecular complexity index is 1060. The Morgan fingerprint density at radius 1 is 0.914 bits per heavy atom. The van der Waals surface area contributed by atoms with E-state index in [0.29, 0.717) is 42.1 Å². The van der Waals surface area contributed by atoms with Crippen LogP contribution < -0.4 is 18.9 Å². The van der Waals surface area contributed by atoms with E-state index in [9.17, 15) is 4.39 Å². The molecule has 1 atom stereocenters. The molecule has 0 aromatic heterocycles. The molecule has 1 aliphatic heterocycles. The van der Waals surface area contributed by atoms with Crippen molar-refractivity contribution in [3.63, 3.8) is 0 Å². The first kappa shape index (κ1) is 25.9. The van der Waals surface area contributed by atoms with Gasteiger partial charge < -0.3 is 28.6 Å². The number of nitrogens with zero attached hydrogens (tertiary/aromatic N) is 2. The third kappa shape index (κ3) is 6.26. The van der Waals surface area contributed by atoms with Gasteiger partial charge in [-0.1, -0.05) is 12.2 Å². The lowest BCUT2D eigenvalue weighted by Gasteiger charge is -2.33. The first-order valence-corrected chi connectivity index (χ1v) is 11.2.